The number of nitrogens with one attached hydrogen (secondary N) is 3. The molecule has 0 bridgehead atoms. The van der Waals surface area contributed by atoms with E-state index in [0.717, 1.165) is 19.3 Å². The molecular formula is C26H30BrN5O4S2. The van der Waals surface area contributed by atoms with Gasteiger partial charge in [0.05, 0.1) is 15.5 Å². The van der Waals surface area contributed by atoms with Crippen molar-refractivity contribution >= 4 is 60.8 Å². The Morgan fingerprint density at radius 3 is 2.34 bits per heavy atom. The molecule has 1 heterocycles. The Bertz CT molecular complexity index is 1400. The molecule has 1 unspecified atom stereocenters. The first-order valence-corrected chi connectivity index (χ1v) is 14.7. The molecule has 1 atom stereocenters. The van der Waals surface area contributed by atoms with Gasteiger partial charge in [0, 0.05) is 22.6 Å². The Morgan fingerprint density at radius 1 is 1.08 bits per heavy atom. The van der Waals surface area contributed by atoms with E-state index in [4.69, 9.17) is 17.0 Å². The molecule has 0 saturated heterocycles. The van der Waals surface area contributed by atoms with Gasteiger partial charge in [-0.2, -0.15) is 0 Å². The summed E-state index contributed by atoms with van der Waals surface area (Å²) in [5, 5.41) is 5.57. The van der Waals surface area contributed by atoms with Gasteiger partial charge in [-0.25, -0.2) is 23.1 Å². The summed E-state index contributed by atoms with van der Waals surface area (Å²) in [6.07, 6.45) is 3.21. The molecule has 0 aliphatic heterocycles. The lowest BCUT2D eigenvalue weighted by atomic mass is 10.2. The van der Waals surface area contributed by atoms with E-state index in [0.29, 0.717) is 32.9 Å². The lowest BCUT2D eigenvalue weighted by Crippen LogP contribution is -2.34. The van der Waals surface area contributed by atoms with Crippen LogP contribution < -0.4 is 20.1 Å². The number of thiocarbonyl (C=S) groups is 1. The SMILES string of the molecule is CCCCC(C)Oc1ccc(C(=O)NC(=S)Nc2ccc(S(=O)(=O)Nc3nc(C)cc(C)n3)cc2)cc1Br. The van der Waals surface area contributed by atoms with Gasteiger partial charge in [0.2, 0.25) is 5.95 Å². The molecule has 1 aromatic heterocycles. The van der Waals surface area contributed by atoms with Crippen LogP contribution in [0.15, 0.2) is 57.9 Å². The summed E-state index contributed by atoms with van der Waals surface area (Å²) in [5.41, 5.74) is 2.21. The molecule has 202 valence electrons. The second kappa shape index (κ2) is 13.1. The van der Waals surface area contributed by atoms with Gasteiger partial charge in [0.15, 0.2) is 5.11 Å². The zero-order valence-corrected chi connectivity index (χ0v) is 24.8. The standard InChI is InChI=1S/C26H30BrN5O4S2/c1-5-6-7-18(4)36-23-13-8-19(15-22(23)27)24(33)31-26(37)30-20-9-11-21(12-10-20)38(34,35)32-25-28-16(2)14-17(3)29-25/h8-15,18H,5-7H2,1-4H3,(H,28,29,32)(H2,30,31,33,37). The molecule has 12 heteroatoms. The van der Waals surface area contributed by atoms with Crippen molar-refractivity contribution in [2.45, 2.75) is 58.0 Å². The molecule has 0 radical (unpaired) electrons. The number of carbonyl (C=O) groups is 1. The number of carbonyl (C=O) groups excluding carboxylic acids is 1. The van der Waals surface area contributed by atoms with E-state index in [1.54, 1.807) is 38.1 Å². The first-order chi connectivity index (χ1) is 18.0. The largest absolute Gasteiger partial charge is 0.490 e. The summed E-state index contributed by atoms with van der Waals surface area (Å²) in [6, 6.07) is 12.7. The fourth-order valence-corrected chi connectivity index (χ4v) is 5.14. The van der Waals surface area contributed by atoms with Crippen LogP contribution in [0.2, 0.25) is 0 Å². The number of amides is 1. The number of rotatable bonds is 10. The van der Waals surface area contributed by atoms with Gasteiger partial charge in [-0.15, -0.1) is 0 Å². The zero-order chi connectivity index (χ0) is 27.9. The van der Waals surface area contributed by atoms with Crippen molar-refractivity contribution in [2.24, 2.45) is 0 Å². The minimum Gasteiger partial charge on any atom is -0.490 e. The third-order valence-electron chi connectivity index (χ3n) is 5.34. The summed E-state index contributed by atoms with van der Waals surface area (Å²) >= 11 is 8.73. The maximum Gasteiger partial charge on any atom is 0.264 e. The van der Waals surface area contributed by atoms with Crippen LogP contribution in [0.3, 0.4) is 0 Å². The van der Waals surface area contributed by atoms with Crippen LogP contribution in [0, 0.1) is 13.8 Å². The van der Waals surface area contributed by atoms with Crippen molar-refractivity contribution in [3.05, 3.63) is 70.0 Å². The maximum absolute atomic E-state index is 12.7. The Morgan fingerprint density at radius 2 is 1.74 bits per heavy atom. The van der Waals surface area contributed by atoms with Gasteiger partial charge < -0.3 is 10.1 Å². The highest BCUT2D eigenvalue weighted by Gasteiger charge is 2.17. The van der Waals surface area contributed by atoms with Gasteiger partial charge in [0.1, 0.15) is 5.75 Å². The van der Waals surface area contributed by atoms with E-state index >= 15 is 0 Å². The predicted molar refractivity (Wildman–Crippen MR) is 156 cm³/mol. The highest BCUT2D eigenvalue weighted by molar-refractivity contribution is 9.10. The summed E-state index contributed by atoms with van der Waals surface area (Å²) in [7, 11) is -3.89. The first-order valence-electron chi connectivity index (χ1n) is 12.0. The average molecular weight is 621 g/mol. The van der Waals surface area contributed by atoms with Crippen molar-refractivity contribution < 1.29 is 17.9 Å². The lowest BCUT2D eigenvalue weighted by molar-refractivity contribution is 0.0977. The number of ether oxygens (including phenoxy) is 1. The quantitative estimate of drug-likeness (QED) is 0.245. The molecule has 1 amide bonds. The number of hydrogen-bond donors (Lipinski definition) is 3. The van der Waals surface area contributed by atoms with Gasteiger partial charge in [-0.05, 0) is 104 Å². The van der Waals surface area contributed by atoms with Crippen molar-refractivity contribution in [1.82, 2.24) is 15.3 Å². The second-order valence-electron chi connectivity index (χ2n) is 8.73. The minimum absolute atomic E-state index is 0.00540. The summed E-state index contributed by atoms with van der Waals surface area (Å²) in [5.74, 6) is 0.274. The third-order valence-corrected chi connectivity index (χ3v) is 7.51. The molecule has 9 nitrogen and oxygen atoms in total. The van der Waals surface area contributed by atoms with Crippen LogP contribution in [0.1, 0.15) is 54.9 Å². The number of sulfonamides is 1. The monoisotopic (exact) mass is 619 g/mol. The summed E-state index contributed by atoms with van der Waals surface area (Å²) in [6.45, 7) is 7.67. The average Bonchev–Trinajstić information content (AvgIpc) is 2.83. The van der Waals surface area contributed by atoms with Crippen molar-refractivity contribution in [2.75, 3.05) is 10.0 Å². The Hall–Kier alpha value is -3.09. The van der Waals surface area contributed by atoms with E-state index < -0.39 is 15.9 Å². The smallest absolute Gasteiger partial charge is 0.264 e. The number of benzene rings is 2. The second-order valence-corrected chi connectivity index (χ2v) is 11.7. The molecule has 0 fully saturated rings. The van der Waals surface area contributed by atoms with E-state index in [9.17, 15) is 13.2 Å². The van der Waals surface area contributed by atoms with Crippen molar-refractivity contribution in [3.63, 3.8) is 0 Å². The first kappa shape index (κ1) is 29.5. The topological polar surface area (TPSA) is 122 Å². The Kier molecular flexibility index (Phi) is 10.2. The van der Waals surface area contributed by atoms with Crippen LogP contribution >= 0.6 is 28.1 Å². The summed E-state index contributed by atoms with van der Waals surface area (Å²) in [4.78, 5) is 20.9. The number of hydrogen-bond acceptors (Lipinski definition) is 7. The molecule has 3 rings (SSSR count). The van der Waals surface area contributed by atoms with Crippen LogP contribution in [-0.4, -0.2) is 35.5 Å². The molecule has 0 saturated carbocycles. The van der Waals surface area contributed by atoms with Gasteiger partial charge in [-0.1, -0.05) is 19.8 Å². The van der Waals surface area contributed by atoms with Crippen LogP contribution in [0.4, 0.5) is 11.6 Å². The molecule has 3 aromatic rings. The molecule has 3 N–H and O–H groups in total. The highest BCUT2D eigenvalue weighted by atomic mass is 79.9. The number of halogens is 1. The van der Waals surface area contributed by atoms with Gasteiger partial charge in [-0.3, -0.25) is 10.1 Å². The molecule has 0 aliphatic rings. The number of unbranched alkanes of at least 4 members (excludes halogenated alkanes) is 1. The zero-order valence-electron chi connectivity index (χ0n) is 21.5. The van der Waals surface area contributed by atoms with Gasteiger partial charge in [0.25, 0.3) is 15.9 Å². The summed E-state index contributed by atoms with van der Waals surface area (Å²) < 4.78 is 34.4. The minimum atomic E-state index is -3.89. The van der Waals surface area contributed by atoms with Gasteiger partial charge >= 0.3 is 0 Å². The highest BCUT2D eigenvalue weighted by Crippen LogP contribution is 2.28. The number of aryl methyl sites for hydroxylation is 2. The fraction of sp³-hybridized carbons (Fsp3) is 0.308. The number of aromatic nitrogens is 2. The maximum atomic E-state index is 12.7. The lowest BCUT2D eigenvalue weighted by Gasteiger charge is -2.16. The molecular weight excluding hydrogens is 590 g/mol. The third kappa shape index (κ3) is 8.47. The molecule has 0 spiro atoms. The Labute approximate surface area is 237 Å². The number of anilines is 2. The van der Waals surface area contributed by atoms with Crippen LogP contribution in [0.5, 0.6) is 5.75 Å². The molecule has 2 aromatic carbocycles. The predicted octanol–water partition coefficient (Wildman–Crippen LogP) is 5.74. The van der Waals surface area contributed by atoms with E-state index in [1.807, 2.05) is 6.92 Å². The molecule has 38 heavy (non-hydrogen) atoms. The van der Waals surface area contributed by atoms with E-state index in [-0.39, 0.29) is 22.1 Å². The normalized spacial score (nSPS) is 11.9. The van der Waals surface area contributed by atoms with Crippen LogP contribution in [0.25, 0.3) is 0 Å². The number of nitrogens with zero attached hydrogens (tertiary/aromatic N) is 2. The molecule has 0 aliphatic carbocycles. The van der Waals surface area contributed by atoms with Crippen molar-refractivity contribution in [1.29, 1.82) is 0 Å². The fourth-order valence-electron chi connectivity index (χ4n) is 3.51. The van der Waals surface area contributed by atoms with E-state index in [2.05, 4.69) is 48.2 Å². The van der Waals surface area contributed by atoms with Crippen molar-refractivity contribution in [3.8, 4) is 5.75 Å². The Balaban J connectivity index is 1.58. The van der Waals surface area contributed by atoms with E-state index in [1.165, 1.54) is 24.3 Å². The van der Waals surface area contributed by atoms with Crippen LogP contribution in [-0.2, 0) is 10.0 Å².